The number of halogens is 3. The van der Waals surface area contributed by atoms with Gasteiger partial charge in [-0.15, -0.1) is 11.3 Å². The van der Waals surface area contributed by atoms with E-state index in [2.05, 4.69) is 43.7 Å². The summed E-state index contributed by atoms with van der Waals surface area (Å²) in [7, 11) is 0. The van der Waals surface area contributed by atoms with Gasteiger partial charge in [0.15, 0.2) is 11.7 Å². The van der Waals surface area contributed by atoms with Crippen molar-refractivity contribution in [3.63, 3.8) is 0 Å². The highest BCUT2D eigenvalue weighted by Crippen LogP contribution is 2.29. The van der Waals surface area contributed by atoms with Crippen molar-refractivity contribution in [2.24, 2.45) is 4.99 Å². The van der Waals surface area contributed by atoms with Crippen LogP contribution in [0.5, 0.6) is 0 Å². The molecular weight excluding hydrogens is 411 g/mol. The maximum absolute atomic E-state index is 12.7. The van der Waals surface area contributed by atoms with Crippen molar-refractivity contribution < 1.29 is 13.2 Å². The molecule has 0 spiro atoms. The van der Waals surface area contributed by atoms with Crippen LogP contribution >= 0.6 is 11.3 Å². The molecule has 0 atom stereocenters. The summed E-state index contributed by atoms with van der Waals surface area (Å²) in [5.74, 6) is 0.564. The van der Waals surface area contributed by atoms with E-state index in [-0.39, 0.29) is 6.54 Å². The Kier molecular flexibility index (Phi) is 8.09. The fourth-order valence-electron chi connectivity index (χ4n) is 3.41. The van der Waals surface area contributed by atoms with E-state index in [1.165, 1.54) is 24.8 Å². The lowest BCUT2D eigenvalue weighted by Crippen LogP contribution is -2.36. The molecule has 2 aromatic rings. The van der Waals surface area contributed by atoms with E-state index in [1.54, 1.807) is 0 Å². The summed E-state index contributed by atoms with van der Waals surface area (Å²) in [5, 5.41) is 7.64. The first-order valence-corrected chi connectivity index (χ1v) is 11.2. The molecule has 0 radical (unpaired) electrons. The zero-order valence-electron chi connectivity index (χ0n) is 17.1. The first-order chi connectivity index (χ1) is 14.5. The van der Waals surface area contributed by atoms with Crippen LogP contribution in [-0.4, -0.2) is 35.5 Å². The van der Waals surface area contributed by atoms with E-state index >= 15 is 0 Å². The number of thiazole rings is 1. The van der Waals surface area contributed by atoms with E-state index in [1.807, 2.05) is 13.0 Å². The molecule has 1 aliphatic rings. The Hall–Kier alpha value is -2.13. The predicted molar refractivity (Wildman–Crippen MR) is 114 cm³/mol. The van der Waals surface area contributed by atoms with E-state index in [0.717, 1.165) is 41.9 Å². The Morgan fingerprint density at radius 3 is 2.53 bits per heavy atom. The summed E-state index contributed by atoms with van der Waals surface area (Å²) in [5.41, 5.74) is 1.58. The van der Waals surface area contributed by atoms with Crippen molar-refractivity contribution >= 4 is 17.3 Å². The maximum Gasteiger partial charge on any atom is 0.434 e. The number of hydrogen-bond acceptors (Lipinski definition) is 4. The smallest absolute Gasteiger partial charge is 0.357 e. The quantitative estimate of drug-likeness (QED) is 0.496. The van der Waals surface area contributed by atoms with E-state index in [0.29, 0.717) is 24.1 Å². The number of aromatic nitrogens is 1. The van der Waals surface area contributed by atoms with Crippen LogP contribution in [0.2, 0.25) is 0 Å². The SMILES string of the molecule is CCNC(=NCc1ccccc1CN1CCCCC1)NCc1nc(C(F)(F)F)cs1. The highest BCUT2D eigenvalue weighted by atomic mass is 32.1. The molecular formula is C21H28F3N5S. The number of guanidine groups is 1. The molecule has 0 bridgehead atoms. The van der Waals surface area contributed by atoms with E-state index < -0.39 is 11.9 Å². The standard InChI is InChI=1S/C21H28F3N5S/c1-2-25-20(27-13-19-28-18(15-30-19)21(22,23)24)26-12-16-8-4-5-9-17(16)14-29-10-6-3-7-11-29/h4-5,8-9,15H,2-3,6-7,10-14H2,1H3,(H2,25,26,27). The van der Waals surface area contributed by atoms with Gasteiger partial charge in [0.25, 0.3) is 0 Å². The summed E-state index contributed by atoms with van der Waals surface area (Å²) in [4.78, 5) is 10.8. The van der Waals surface area contributed by atoms with Gasteiger partial charge in [-0.1, -0.05) is 30.7 Å². The number of nitrogens with one attached hydrogen (secondary N) is 2. The fourth-order valence-corrected chi connectivity index (χ4v) is 4.15. The molecule has 2 N–H and O–H groups in total. The summed E-state index contributed by atoms with van der Waals surface area (Å²) in [6, 6.07) is 8.30. The minimum atomic E-state index is -4.41. The Morgan fingerprint density at radius 2 is 1.87 bits per heavy atom. The van der Waals surface area contributed by atoms with Crippen LogP contribution in [0.25, 0.3) is 0 Å². The van der Waals surface area contributed by atoms with Gasteiger partial charge in [0.1, 0.15) is 5.01 Å². The molecule has 9 heteroatoms. The minimum Gasteiger partial charge on any atom is -0.357 e. The summed E-state index contributed by atoms with van der Waals surface area (Å²) in [6.45, 7) is 6.51. The van der Waals surface area contributed by atoms with Crippen LogP contribution < -0.4 is 10.6 Å². The van der Waals surface area contributed by atoms with Gasteiger partial charge in [-0.25, -0.2) is 9.98 Å². The number of benzene rings is 1. The second kappa shape index (κ2) is 10.8. The van der Waals surface area contributed by atoms with Gasteiger partial charge in [-0.3, -0.25) is 4.90 Å². The molecule has 1 aromatic heterocycles. The molecule has 0 saturated carbocycles. The van der Waals surface area contributed by atoms with Crippen molar-refractivity contribution in [2.75, 3.05) is 19.6 Å². The van der Waals surface area contributed by atoms with E-state index in [4.69, 9.17) is 0 Å². The molecule has 0 unspecified atom stereocenters. The first-order valence-electron chi connectivity index (χ1n) is 10.3. The molecule has 1 saturated heterocycles. The number of rotatable bonds is 7. The predicted octanol–water partition coefficient (Wildman–Crippen LogP) is 4.40. The number of hydrogen-bond donors (Lipinski definition) is 2. The number of likely N-dealkylation sites (tertiary alicyclic amines) is 1. The Balaban J connectivity index is 1.62. The summed E-state index contributed by atoms with van der Waals surface area (Å²) >= 11 is 0.991. The van der Waals surface area contributed by atoms with Crippen molar-refractivity contribution in [3.05, 3.63) is 51.5 Å². The van der Waals surface area contributed by atoms with Crippen molar-refractivity contribution in [3.8, 4) is 0 Å². The van der Waals surface area contributed by atoms with Crippen LogP contribution in [0, 0.1) is 0 Å². The van der Waals surface area contributed by atoms with Crippen molar-refractivity contribution in [2.45, 2.75) is 52.0 Å². The van der Waals surface area contributed by atoms with E-state index in [9.17, 15) is 13.2 Å². The lowest BCUT2D eigenvalue weighted by Gasteiger charge is -2.27. The number of nitrogens with zero attached hydrogens (tertiary/aromatic N) is 3. The van der Waals surface area contributed by atoms with Crippen LogP contribution in [-0.2, 0) is 25.8 Å². The highest BCUT2D eigenvalue weighted by Gasteiger charge is 2.33. The summed E-state index contributed by atoms with van der Waals surface area (Å²) in [6.07, 6.45) is -0.599. The number of piperidine rings is 1. The third-order valence-corrected chi connectivity index (χ3v) is 5.81. The largest absolute Gasteiger partial charge is 0.434 e. The van der Waals surface area contributed by atoms with Gasteiger partial charge in [0.2, 0.25) is 0 Å². The summed E-state index contributed by atoms with van der Waals surface area (Å²) < 4.78 is 38.2. The fraction of sp³-hybridized carbons (Fsp3) is 0.524. The average molecular weight is 440 g/mol. The van der Waals surface area contributed by atoms with Gasteiger partial charge in [-0.2, -0.15) is 13.2 Å². The third-order valence-electron chi connectivity index (χ3n) is 4.96. The topological polar surface area (TPSA) is 52.6 Å². The molecule has 5 nitrogen and oxygen atoms in total. The van der Waals surface area contributed by atoms with Gasteiger partial charge in [0, 0.05) is 18.5 Å². The molecule has 0 aliphatic carbocycles. The second-order valence-corrected chi connectivity index (χ2v) is 8.22. The van der Waals surface area contributed by atoms with Gasteiger partial charge in [-0.05, 0) is 44.0 Å². The van der Waals surface area contributed by atoms with Crippen LogP contribution in [0.15, 0.2) is 34.6 Å². The van der Waals surface area contributed by atoms with Crippen LogP contribution in [0.3, 0.4) is 0 Å². The Bertz CT molecular complexity index is 828. The van der Waals surface area contributed by atoms with Gasteiger partial charge < -0.3 is 10.6 Å². The van der Waals surface area contributed by atoms with Crippen molar-refractivity contribution in [1.82, 2.24) is 20.5 Å². The monoisotopic (exact) mass is 439 g/mol. The van der Waals surface area contributed by atoms with Gasteiger partial charge in [0.05, 0.1) is 13.1 Å². The number of alkyl halides is 3. The maximum atomic E-state index is 12.7. The third kappa shape index (κ3) is 6.70. The van der Waals surface area contributed by atoms with Crippen LogP contribution in [0.1, 0.15) is 48.0 Å². The zero-order valence-corrected chi connectivity index (χ0v) is 18.0. The second-order valence-electron chi connectivity index (χ2n) is 7.28. The molecule has 0 amide bonds. The molecule has 1 fully saturated rings. The Morgan fingerprint density at radius 1 is 1.13 bits per heavy atom. The number of aliphatic imine (C=N–C) groups is 1. The van der Waals surface area contributed by atoms with Crippen LogP contribution in [0.4, 0.5) is 13.2 Å². The molecule has 164 valence electrons. The minimum absolute atomic E-state index is 0.196. The lowest BCUT2D eigenvalue weighted by molar-refractivity contribution is -0.140. The van der Waals surface area contributed by atoms with Crippen molar-refractivity contribution in [1.29, 1.82) is 0 Å². The first kappa shape index (κ1) is 22.6. The zero-order chi connectivity index (χ0) is 21.4. The molecule has 30 heavy (non-hydrogen) atoms. The normalized spacial score (nSPS) is 15.9. The Labute approximate surface area is 179 Å². The average Bonchev–Trinajstić information content (AvgIpc) is 3.21. The van der Waals surface area contributed by atoms with Gasteiger partial charge >= 0.3 is 6.18 Å². The molecule has 3 rings (SSSR count). The molecule has 1 aromatic carbocycles. The lowest BCUT2D eigenvalue weighted by atomic mass is 10.1. The molecule has 2 heterocycles. The highest BCUT2D eigenvalue weighted by molar-refractivity contribution is 7.09. The molecule has 1 aliphatic heterocycles.